The van der Waals surface area contributed by atoms with Gasteiger partial charge in [0.25, 0.3) is 5.91 Å². The molecule has 134 valence electrons. The molecule has 4 nitrogen and oxygen atoms in total. The summed E-state index contributed by atoms with van der Waals surface area (Å²) in [6, 6.07) is 13.5. The zero-order valence-electron chi connectivity index (χ0n) is 14.0. The molecule has 1 saturated heterocycles. The van der Waals surface area contributed by atoms with E-state index in [0.29, 0.717) is 28.2 Å². The summed E-state index contributed by atoms with van der Waals surface area (Å²) in [5, 5.41) is 2.61. The fourth-order valence-electron chi connectivity index (χ4n) is 2.27. The van der Waals surface area contributed by atoms with Crippen LogP contribution < -0.4 is 14.8 Å². The Kier molecular flexibility index (Phi) is 6.34. The molecule has 26 heavy (non-hydrogen) atoms. The van der Waals surface area contributed by atoms with Gasteiger partial charge in [0, 0.05) is 10.0 Å². The molecular weight excluding hydrogens is 434 g/mol. The van der Waals surface area contributed by atoms with Crippen LogP contribution in [0.1, 0.15) is 11.1 Å². The first kappa shape index (κ1) is 18.9. The summed E-state index contributed by atoms with van der Waals surface area (Å²) in [5.74, 6) is 1.30. The molecule has 1 aliphatic heterocycles. The molecule has 0 aliphatic carbocycles. The molecule has 0 atom stereocenters. The molecule has 1 fully saturated rings. The van der Waals surface area contributed by atoms with Gasteiger partial charge in [0.15, 0.2) is 0 Å². The molecule has 0 aromatic heterocycles. The third-order valence-corrected chi connectivity index (χ3v) is 5.19. The van der Waals surface area contributed by atoms with Crippen molar-refractivity contribution in [3.8, 4) is 11.5 Å². The fraction of sp³-hybridized carbons (Fsp3) is 0.158. The molecule has 0 unspecified atom stereocenters. The molecule has 1 aliphatic rings. The van der Waals surface area contributed by atoms with Gasteiger partial charge in [0.2, 0.25) is 0 Å². The lowest BCUT2D eigenvalue weighted by Gasteiger charge is -2.11. The minimum Gasteiger partial charge on any atom is -0.490 e. The maximum atomic E-state index is 11.9. The number of amides is 1. The summed E-state index contributed by atoms with van der Waals surface area (Å²) in [5.41, 5.74) is 1.99. The van der Waals surface area contributed by atoms with Crippen LogP contribution in [0, 0.1) is 6.92 Å². The van der Waals surface area contributed by atoms with Crippen LogP contribution in [0.3, 0.4) is 0 Å². The Bertz CT molecular complexity index is 866. The highest BCUT2D eigenvalue weighted by molar-refractivity contribution is 9.10. The highest BCUT2D eigenvalue weighted by atomic mass is 79.9. The molecule has 3 rings (SSSR count). The summed E-state index contributed by atoms with van der Waals surface area (Å²) in [6.45, 7) is 2.85. The number of carbonyl (C=O) groups is 1. The number of ether oxygens (including phenoxy) is 2. The highest BCUT2D eigenvalue weighted by Crippen LogP contribution is 2.31. The van der Waals surface area contributed by atoms with Crippen molar-refractivity contribution in [2.75, 3.05) is 13.2 Å². The van der Waals surface area contributed by atoms with Gasteiger partial charge in [-0.2, -0.15) is 0 Å². The van der Waals surface area contributed by atoms with Crippen LogP contribution in [-0.4, -0.2) is 23.4 Å². The van der Waals surface area contributed by atoms with Gasteiger partial charge in [0.05, 0.1) is 4.91 Å². The number of thiocarbonyl (C=S) groups is 1. The highest BCUT2D eigenvalue weighted by Gasteiger charge is 2.22. The van der Waals surface area contributed by atoms with Gasteiger partial charge >= 0.3 is 0 Å². The molecule has 1 amide bonds. The first-order valence-corrected chi connectivity index (χ1v) is 9.90. The second-order valence-electron chi connectivity index (χ2n) is 5.54. The minimum atomic E-state index is -0.186. The zero-order valence-corrected chi connectivity index (χ0v) is 17.2. The topological polar surface area (TPSA) is 47.6 Å². The van der Waals surface area contributed by atoms with E-state index in [4.69, 9.17) is 21.7 Å². The van der Waals surface area contributed by atoms with E-state index in [2.05, 4.69) is 21.2 Å². The maximum absolute atomic E-state index is 11.9. The van der Waals surface area contributed by atoms with Crippen molar-refractivity contribution in [3.05, 3.63) is 63.0 Å². The molecule has 0 spiro atoms. The summed E-state index contributed by atoms with van der Waals surface area (Å²) < 4.78 is 12.9. The Morgan fingerprint density at radius 1 is 1.15 bits per heavy atom. The van der Waals surface area contributed by atoms with Crippen molar-refractivity contribution < 1.29 is 14.3 Å². The van der Waals surface area contributed by atoms with Crippen LogP contribution in [0.15, 0.2) is 51.8 Å². The summed E-state index contributed by atoms with van der Waals surface area (Å²) in [6.07, 6.45) is 1.78. The normalized spacial score (nSPS) is 15.2. The van der Waals surface area contributed by atoms with Gasteiger partial charge < -0.3 is 14.8 Å². The number of nitrogens with one attached hydrogen (secondary N) is 1. The Morgan fingerprint density at radius 3 is 2.58 bits per heavy atom. The predicted octanol–water partition coefficient (Wildman–Crippen LogP) is 4.70. The van der Waals surface area contributed by atoms with E-state index in [-0.39, 0.29) is 5.91 Å². The number of benzene rings is 2. The van der Waals surface area contributed by atoms with Crippen LogP contribution in [0.4, 0.5) is 0 Å². The SMILES string of the molecule is Cc1ccc(OCCOc2ccc(Br)cc2C=C2SC(=S)NC2=O)cc1. The zero-order chi connectivity index (χ0) is 18.5. The van der Waals surface area contributed by atoms with Crippen LogP contribution in [0.2, 0.25) is 0 Å². The van der Waals surface area contributed by atoms with Crippen molar-refractivity contribution >= 4 is 56.2 Å². The van der Waals surface area contributed by atoms with Crippen molar-refractivity contribution in [2.24, 2.45) is 0 Å². The number of hydrogen-bond acceptors (Lipinski definition) is 5. The van der Waals surface area contributed by atoms with E-state index < -0.39 is 0 Å². The van der Waals surface area contributed by atoms with Crippen molar-refractivity contribution in [3.63, 3.8) is 0 Å². The molecule has 7 heteroatoms. The summed E-state index contributed by atoms with van der Waals surface area (Å²) >= 11 is 9.72. The van der Waals surface area contributed by atoms with E-state index in [9.17, 15) is 4.79 Å². The van der Waals surface area contributed by atoms with Crippen molar-refractivity contribution in [1.82, 2.24) is 5.32 Å². The van der Waals surface area contributed by atoms with Gasteiger partial charge in [-0.05, 0) is 43.3 Å². The second-order valence-corrected chi connectivity index (χ2v) is 8.18. The van der Waals surface area contributed by atoms with Gasteiger partial charge in [-0.15, -0.1) is 0 Å². The van der Waals surface area contributed by atoms with Crippen molar-refractivity contribution in [1.29, 1.82) is 0 Å². The molecule has 0 radical (unpaired) electrons. The third-order valence-electron chi connectivity index (χ3n) is 3.53. The number of carbonyl (C=O) groups excluding carboxylic acids is 1. The third kappa shape index (κ3) is 5.09. The lowest BCUT2D eigenvalue weighted by Crippen LogP contribution is -2.17. The van der Waals surface area contributed by atoms with Gasteiger partial charge in [-0.1, -0.05) is 57.6 Å². The van der Waals surface area contributed by atoms with Crippen LogP contribution in [0.5, 0.6) is 11.5 Å². The number of rotatable bonds is 6. The number of thioether (sulfide) groups is 1. The molecule has 0 bridgehead atoms. The first-order valence-electron chi connectivity index (χ1n) is 7.88. The Balaban J connectivity index is 1.64. The molecule has 0 saturated carbocycles. The molecule has 1 heterocycles. The molecule has 2 aromatic rings. The lowest BCUT2D eigenvalue weighted by atomic mass is 10.2. The maximum Gasteiger partial charge on any atom is 0.263 e. The fourth-order valence-corrected chi connectivity index (χ4v) is 3.69. The van der Waals surface area contributed by atoms with Gasteiger partial charge in [-0.3, -0.25) is 4.79 Å². The van der Waals surface area contributed by atoms with Crippen LogP contribution in [-0.2, 0) is 4.79 Å². The predicted molar refractivity (Wildman–Crippen MR) is 113 cm³/mol. The average molecular weight is 450 g/mol. The monoisotopic (exact) mass is 449 g/mol. The average Bonchev–Trinajstić information content (AvgIpc) is 2.92. The van der Waals surface area contributed by atoms with Crippen molar-refractivity contribution in [2.45, 2.75) is 6.92 Å². The van der Waals surface area contributed by atoms with E-state index in [0.717, 1.165) is 15.8 Å². The smallest absolute Gasteiger partial charge is 0.263 e. The van der Waals surface area contributed by atoms with E-state index in [1.807, 2.05) is 49.4 Å². The number of hydrogen-bond donors (Lipinski definition) is 1. The lowest BCUT2D eigenvalue weighted by molar-refractivity contribution is -0.115. The number of aryl methyl sites for hydroxylation is 1. The van der Waals surface area contributed by atoms with Gasteiger partial charge in [-0.25, -0.2) is 0 Å². The molecule has 1 N–H and O–H groups in total. The molecule has 2 aromatic carbocycles. The first-order chi connectivity index (χ1) is 12.5. The minimum absolute atomic E-state index is 0.186. The second kappa shape index (κ2) is 8.70. The number of halogens is 1. The standard InChI is InChI=1S/C19H16BrNO3S2/c1-12-2-5-15(6-3-12)23-8-9-24-16-7-4-14(20)10-13(16)11-17-18(22)21-19(25)26-17/h2-7,10-11H,8-9H2,1H3,(H,21,22,25). The summed E-state index contributed by atoms with van der Waals surface area (Å²) in [4.78, 5) is 12.4. The molecular formula is C19H16BrNO3S2. The van der Waals surface area contributed by atoms with E-state index in [1.54, 1.807) is 6.08 Å². The quantitative estimate of drug-likeness (QED) is 0.393. The van der Waals surface area contributed by atoms with Crippen LogP contribution >= 0.6 is 39.9 Å². The van der Waals surface area contributed by atoms with E-state index in [1.165, 1.54) is 17.3 Å². The Labute approximate surface area is 170 Å². The Hall–Kier alpha value is -1.83. The Morgan fingerprint density at radius 2 is 1.88 bits per heavy atom. The van der Waals surface area contributed by atoms with Gasteiger partial charge in [0.1, 0.15) is 29.0 Å². The largest absolute Gasteiger partial charge is 0.490 e. The van der Waals surface area contributed by atoms with Crippen LogP contribution in [0.25, 0.3) is 6.08 Å². The summed E-state index contributed by atoms with van der Waals surface area (Å²) in [7, 11) is 0. The van der Waals surface area contributed by atoms with E-state index >= 15 is 0 Å².